The minimum Gasteiger partial charge on any atom is -0.384 e. The van der Waals surface area contributed by atoms with Crippen molar-refractivity contribution in [2.45, 2.75) is 25.8 Å². The predicted octanol–water partition coefficient (Wildman–Crippen LogP) is 2.56. The van der Waals surface area contributed by atoms with Gasteiger partial charge in [0.15, 0.2) is 0 Å². The van der Waals surface area contributed by atoms with E-state index in [1.54, 1.807) is 7.11 Å². The second-order valence-electron chi connectivity index (χ2n) is 7.49. The standard InChI is InChI=1S/C20H30ClN3O2/c1-16(17-5-3-4-6-18(17)21)23-11-13-24(14-12-23)19(25)20(15-26-2)7-9-22-10-8-20/h3-6,16,22H,7-15H2,1-2H3. The first-order valence-corrected chi connectivity index (χ1v) is 9.93. The summed E-state index contributed by atoms with van der Waals surface area (Å²) < 4.78 is 5.43. The van der Waals surface area contributed by atoms with Crippen molar-refractivity contribution < 1.29 is 9.53 Å². The molecule has 2 fully saturated rings. The molecule has 1 aromatic carbocycles. The summed E-state index contributed by atoms with van der Waals surface area (Å²) in [6.07, 6.45) is 1.71. The summed E-state index contributed by atoms with van der Waals surface area (Å²) >= 11 is 6.36. The van der Waals surface area contributed by atoms with E-state index in [-0.39, 0.29) is 17.4 Å². The third kappa shape index (κ3) is 4.06. The van der Waals surface area contributed by atoms with Crippen molar-refractivity contribution >= 4 is 17.5 Å². The maximum Gasteiger partial charge on any atom is 0.231 e. The van der Waals surface area contributed by atoms with Gasteiger partial charge in [-0.15, -0.1) is 0 Å². The summed E-state index contributed by atoms with van der Waals surface area (Å²) in [5.74, 6) is 0.269. The number of amides is 1. The lowest BCUT2D eigenvalue weighted by Crippen LogP contribution is -2.56. The zero-order valence-electron chi connectivity index (χ0n) is 15.8. The molecule has 2 saturated heterocycles. The molecule has 0 aliphatic carbocycles. The summed E-state index contributed by atoms with van der Waals surface area (Å²) in [6, 6.07) is 8.28. The molecule has 1 N–H and O–H groups in total. The molecule has 1 aromatic rings. The van der Waals surface area contributed by atoms with Crippen LogP contribution in [0.2, 0.25) is 5.02 Å². The molecule has 6 heteroatoms. The van der Waals surface area contributed by atoms with E-state index in [1.165, 1.54) is 0 Å². The number of hydrogen-bond acceptors (Lipinski definition) is 4. The van der Waals surface area contributed by atoms with Crippen LogP contribution in [0.15, 0.2) is 24.3 Å². The topological polar surface area (TPSA) is 44.8 Å². The number of nitrogens with zero attached hydrogens (tertiary/aromatic N) is 2. The Morgan fingerprint density at radius 3 is 2.50 bits per heavy atom. The molecule has 0 bridgehead atoms. The van der Waals surface area contributed by atoms with E-state index in [0.717, 1.165) is 62.7 Å². The van der Waals surface area contributed by atoms with Gasteiger partial charge in [0.25, 0.3) is 0 Å². The number of halogens is 1. The van der Waals surface area contributed by atoms with Gasteiger partial charge in [-0.2, -0.15) is 0 Å². The Morgan fingerprint density at radius 2 is 1.88 bits per heavy atom. The van der Waals surface area contributed by atoms with Crippen LogP contribution in [0.5, 0.6) is 0 Å². The fraction of sp³-hybridized carbons (Fsp3) is 0.650. The summed E-state index contributed by atoms with van der Waals surface area (Å²) in [5.41, 5.74) is 0.805. The van der Waals surface area contributed by atoms with Crippen molar-refractivity contribution in [3.05, 3.63) is 34.9 Å². The maximum atomic E-state index is 13.2. The van der Waals surface area contributed by atoms with Crippen molar-refractivity contribution in [1.29, 1.82) is 0 Å². The minimum atomic E-state index is -0.351. The van der Waals surface area contributed by atoms with Gasteiger partial charge in [-0.1, -0.05) is 29.8 Å². The van der Waals surface area contributed by atoms with Crippen LogP contribution in [0.25, 0.3) is 0 Å². The fourth-order valence-electron chi connectivity index (χ4n) is 4.26. The lowest BCUT2D eigenvalue weighted by Gasteiger charge is -2.44. The van der Waals surface area contributed by atoms with E-state index in [4.69, 9.17) is 16.3 Å². The quantitative estimate of drug-likeness (QED) is 0.854. The maximum absolute atomic E-state index is 13.2. The van der Waals surface area contributed by atoms with Crippen molar-refractivity contribution in [1.82, 2.24) is 15.1 Å². The molecular formula is C20H30ClN3O2. The third-order valence-electron chi connectivity index (χ3n) is 5.94. The van der Waals surface area contributed by atoms with E-state index in [9.17, 15) is 4.79 Å². The lowest BCUT2D eigenvalue weighted by molar-refractivity contribution is -0.149. The lowest BCUT2D eigenvalue weighted by atomic mass is 9.78. The highest BCUT2D eigenvalue weighted by atomic mass is 35.5. The monoisotopic (exact) mass is 379 g/mol. The molecule has 2 aliphatic heterocycles. The van der Waals surface area contributed by atoms with Crippen LogP contribution < -0.4 is 5.32 Å². The highest BCUT2D eigenvalue weighted by molar-refractivity contribution is 6.31. The molecule has 1 unspecified atom stereocenters. The Hall–Kier alpha value is -1.14. The van der Waals surface area contributed by atoms with Gasteiger partial charge in [-0.25, -0.2) is 0 Å². The summed E-state index contributed by atoms with van der Waals surface area (Å²) in [6.45, 7) is 7.77. The highest BCUT2D eigenvalue weighted by Gasteiger charge is 2.43. The normalized spacial score (nSPS) is 22.2. The Bertz CT molecular complexity index is 605. The number of hydrogen-bond donors (Lipinski definition) is 1. The number of piperidine rings is 1. The molecular weight excluding hydrogens is 350 g/mol. The van der Waals surface area contributed by atoms with Crippen LogP contribution >= 0.6 is 11.6 Å². The zero-order valence-corrected chi connectivity index (χ0v) is 16.6. The predicted molar refractivity (Wildman–Crippen MR) is 104 cm³/mol. The first-order chi connectivity index (χ1) is 12.6. The minimum absolute atomic E-state index is 0.257. The number of methoxy groups -OCH3 is 1. The second kappa shape index (κ2) is 8.70. The van der Waals surface area contributed by atoms with Crippen LogP contribution in [0.1, 0.15) is 31.4 Å². The molecule has 2 heterocycles. The van der Waals surface area contributed by atoms with Crippen molar-refractivity contribution in [2.75, 3.05) is 53.0 Å². The molecule has 0 saturated carbocycles. The van der Waals surface area contributed by atoms with Gasteiger partial charge >= 0.3 is 0 Å². The number of carbonyl (C=O) groups excluding carboxylic acids is 1. The average Bonchev–Trinajstić information content (AvgIpc) is 2.68. The van der Waals surface area contributed by atoms with E-state index in [1.807, 2.05) is 23.1 Å². The van der Waals surface area contributed by atoms with E-state index >= 15 is 0 Å². The number of benzene rings is 1. The van der Waals surface area contributed by atoms with Crippen molar-refractivity contribution in [2.24, 2.45) is 5.41 Å². The molecule has 2 aliphatic rings. The third-order valence-corrected chi connectivity index (χ3v) is 6.28. The Labute approximate surface area is 161 Å². The SMILES string of the molecule is COCC1(C(=O)N2CCN(C(C)c3ccccc3Cl)CC2)CCNCC1. The van der Waals surface area contributed by atoms with Gasteiger partial charge < -0.3 is 15.0 Å². The molecule has 3 rings (SSSR count). The van der Waals surface area contributed by atoms with E-state index < -0.39 is 0 Å². The fourth-order valence-corrected chi connectivity index (χ4v) is 4.55. The molecule has 0 spiro atoms. The second-order valence-corrected chi connectivity index (χ2v) is 7.90. The van der Waals surface area contributed by atoms with Crippen molar-refractivity contribution in [3.63, 3.8) is 0 Å². The van der Waals surface area contributed by atoms with Gasteiger partial charge in [-0.3, -0.25) is 9.69 Å². The molecule has 0 radical (unpaired) electrons. The van der Waals surface area contributed by atoms with Gasteiger partial charge in [0.1, 0.15) is 0 Å². The molecule has 5 nitrogen and oxygen atoms in total. The van der Waals surface area contributed by atoms with Gasteiger partial charge in [-0.05, 0) is 44.5 Å². The molecule has 144 valence electrons. The largest absolute Gasteiger partial charge is 0.384 e. The summed E-state index contributed by atoms with van der Waals surface area (Å²) in [5, 5.41) is 4.17. The van der Waals surface area contributed by atoms with E-state index in [0.29, 0.717) is 6.61 Å². The van der Waals surface area contributed by atoms with Crippen LogP contribution in [0.4, 0.5) is 0 Å². The van der Waals surface area contributed by atoms with Crippen molar-refractivity contribution in [3.8, 4) is 0 Å². The number of carbonyl (C=O) groups is 1. The number of ether oxygens (including phenoxy) is 1. The van der Waals surface area contributed by atoms with E-state index in [2.05, 4.69) is 23.2 Å². The molecule has 1 amide bonds. The average molecular weight is 380 g/mol. The number of nitrogens with one attached hydrogen (secondary N) is 1. The summed E-state index contributed by atoms with van der Waals surface area (Å²) in [4.78, 5) is 17.7. The Morgan fingerprint density at radius 1 is 1.23 bits per heavy atom. The van der Waals surface area contributed by atoms with Gasteiger partial charge in [0.2, 0.25) is 5.91 Å². The van der Waals surface area contributed by atoms with Crippen LogP contribution in [0.3, 0.4) is 0 Å². The first kappa shape index (κ1) is 19.6. The Balaban J connectivity index is 1.62. The first-order valence-electron chi connectivity index (χ1n) is 9.55. The van der Waals surface area contributed by atoms with Crippen LogP contribution in [-0.4, -0.2) is 68.7 Å². The molecule has 0 aromatic heterocycles. The van der Waals surface area contributed by atoms with Gasteiger partial charge in [0.05, 0.1) is 12.0 Å². The van der Waals surface area contributed by atoms with Crippen LogP contribution in [-0.2, 0) is 9.53 Å². The van der Waals surface area contributed by atoms with Crippen LogP contribution in [0, 0.1) is 5.41 Å². The smallest absolute Gasteiger partial charge is 0.231 e. The van der Waals surface area contributed by atoms with Gasteiger partial charge in [0, 0.05) is 44.4 Å². The summed E-state index contributed by atoms with van der Waals surface area (Å²) in [7, 11) is 1.69. The number of piperazine rings is 1. The zero-order chi connectivity index (χ0) is 18.6. The number of rotatable bonds is 5. The molecule has 26 heavy (non-hydrogen) atoms. The Kier molecular flexibility index (Phi) is 6.56. The highest BCUT2D eigenvalue weighted by Crippen LogP contribution is 2.33. The molecule has 1 atom stereocenters.